The molecule has 0 spiro atoms. The Morgan fingerprint density at radius 1 is 1.29 bits per heavy atom. The predicted octanol–water partition coefficient (Wildman–Crippen LogP) is 1.23. The minimum atomic E-state index is -0.0874. The Bertz CT molecular complexity index is 692. The second kappa shape index (κ2) is 7.46. The van der Waals surface area contributed by atoms with Gasteiger partial charge in [0, 0.05) is 63.4 Å². The molecule has 0 atom stereocenters. The van der Waals surface area contributed by atoms with Gasteiger partial charge in [-0.15, -0.1) is 0 Å². The zero-order valence-corrected chi connectivity index (χ0v) is 13.9. The lowest BCUT2D eigenvalue weighted by Gasteiger charge is -2.34. The first kappa shape index (κ1) is 16.5. The number of aliphatic hydroxyl groups excluding tert-OH is 1. The molecule has 0 unspecified atom stereocenters. The van der Waals surface area contributed by atoms with Crippen LogP contribution in [0.5, 0.6) is 0 Å². The highest BCUT2D eigenvalue weighted by Gasteiger charge is 2.20. The molecule has 1 aromatic heterocycles. The highest BCUT2D eigenvalue weighted by molar-refractivity contribution is 5.90. The maximum atomic E-state index is 12.4. The van der Waals surface area contributed by atoms with Gasteiger partial charge in [-0.3, -0.25) is 4.90 Å². The maximum absolute atomic E-state index is 12.4. The molecule has 1 saturated heterocycles. The van der Waals surface area contributed by atoms with Crippen molar-refractivity contribution in [3.8, 4) is 11.4 Å². The minimum Gasteiger partial charge on any atom is -0.395 e. The second-order valence-electron chi connectivity index (χ2n) is 5.93. The van der Waals surface area contributed by atoms with E-state index in [1.807, 2.05) is 42.1 Å². The monoisotopic (exact) mass is 329 g/mol. The van der Waals surface area contributed by atoms with Gasteiger partial charge in [0.05, 0.1) is 6.61 Å². The zero-order chi connectivity index (χ0) is 16.9. The van der Waals surface area contributed by atoms with Crippen LogP contribution in [-0.2, 0) is 7.05 Å². The van der Waals surface area contributed by atoms with E-state index in [0.29, 0.717) is 19.6 Å². The van der Waals surface area contributed by atoms with Gasteiger partial charge in [0.15, 0.2) is 0 Å². The van der Waals surface area contributed by atoms with Crippen LogP contribution in [0, 0.1) is 0 Å². The van der Waals surface area contributed by atoms with Gasteiger partial charge in [-0.1, -0.05) is 12.1 Å². The quantitative estimate of drug-likeness (QED) is 0.885. The fraction of sp³-hybridized carbons (Fsp3) is 0.412. The van der Waals surface area contributed by atoms with Gasteiger partial charge < -0.3 is 19.9 Å². The summed E-state index contributed by atoms with van der Waals surface area (Å²) >= 11 is 0. The van der Waals surface area contributed by atoms with E-state index in [0.717, 1.165) is 30.2 Å². The molecule has 1 fully saturated rings. The number of carbonyl (C=O) groups excluding carboxylic acids is 1. The second-order valence-corrected chi connectivity index (χ2v) is 5.93. The first-order valence-corrected chi connectivity index (χ1v) is 8.14. The van der Waals surface area contributed by atoms with Crippen molar-refractivity contribution < 1.29 is 9.90 Å². The van der Waals surface area contributed by atoms with Gasteiger partial charge >= 0.3 is 6.03 Å². The molecule has 2 N–H and O–H groups in total. The Morgan fingerprint density at radius 2 is 2.08 bits per heavy atom. The highest BCUT2D eigenvalue weighted by atomic mass is 16.3. The first-order valence-electron chi connectivity index (χ1n) is 8.14. The molecular weight excluding hydrogens is 306 g/mol. The molecule has 24 heavy (non-hydrogen) atoms. The highest BCUT2D eigenvalue weighted by Crippen LogP contribution is 2.21. The maximum Gasteiger partial charge on any atom is 0.321 e. The van der Waals surface area contributed by atoms with E-state index >= 15 is 0 Å². The Labute approximate surface area is 141 Å². The third-order valence-corrected chi connectivity index (χ3v) is 4.27. The average molecular weight is 329 g/mol. The van der Waals surface area contributed by atoms with Gasteiger partial charge in [0.2, 0.25) is 0 Å². The molecule has 0 saturated carbocycles. The summed E-state index contributed by atoms with van der Waals surface area (Å²) in [5.41, 5.74) is 1.73. The van der Waals surface area contributed by atoms with Crippen molar-refractivity contribution in [1.82, 2.24) is 19.4 Å². The summed E-state index contributed by atoms with van der Waals surface area (Å²) in [4.78, 5) is 20.7. The molecule has 2 heterocycles. The molecule has 2 amide bonds. The van der Waals surface area contributed by atoms with Crippen molar-refractivity contribution in [1.29, 1.82) is 0 Å². The fourth-order valence-electron chi connectivity index (χ4n) is 2.90. The van der Waals surface area contributed by atoms with Crippen LogP contribution in [0.3, 0.4) is 0 Å². The molecule has 3 rings (SSSR count). The van der Waals surface area contributed by atoms with E-state index in [9.17, 15) is 4.79 Å². The summed E-state index contributed by atoms with van der Waals surface area (Å²) in [5.74, 6) is 0.865. The van der Waals surface area contributed by atoms with Gasteiger partial charge in [-0.2, -0.15) is 0 Å². The van der Waals surface area contributed by atoms with E-state index in [1.165, 1.54) is 0 Å². The number of urea groups is 1. The lowest BCUT2D eigenvalue weighted by Crippen LogP contribution is -2.50. The van der Waals surface area contributed by atoms with Crippen LogP contribution in [0.2, 0.25) is 0 Å². The summed E-state index contributed by atoms with van der Waals surface area (Å²) in [6, 6.07) is 7.62. The number of β-amino-alcohol motifs (C(OH)–C–C–N with tert-alkyl or cyclic N) is 1. The largest absolute Gasteiger partial charge is 0.395 e. The normalized spacial score (nSPS) is 15.5. The standard InChI is InChI=1S/C17H23N5O2/c1-20-6-5-18-16(20)14-3-2-4-15(13-14)19-17(24)22-9-7-21(8-10-22)11-12-23/h2-6,13,23H,7-12H2,1H3,(H,19,24). The van der Waals surface area contributed by atoms with E-state index in [1.54, 1.807) is 11.1 Å². The number of hydrogen-bond donors (Lipinski definition) is 2. The van der Waals surface area contributed by atoms with Crippen LogP contribution in [0.15, 0.2) is 36.7 Å². The molecule has 2 aromatic rings. The van der Waals surface area contributed by atoms with Crippen LogP contribution in [-0.4, -0.2) is 69.8 Å². The number of benzene rings is 1. The number of rotatable bonds is 4. The number of amides is 2. The lowest BCUT2D eigenvalue weighted by atomic mass is 10.2. The first-order chi connectivity index (χ1) is 11.7. The van der Waals surface area contributed by atoms with Gasteiger partial charge in [-0.25, -0.2) is 9.78 Å². The number of anilines is 1. The van der Waals surface area contributed by atoms with Crippen LogP contribution in [0.1, 0.15) is 0 Å². The number of nitrogens with zero attached hydrogens (tertiary/aromatic N) is 4. The van der Waals surface area contributed by atoms with Crippen molar-refractivity contribution in [2.24, 2.45) is 7.05 Å². The van der Waals surface area contributed by atoms with Gasteiger partial charge in [0.1, 0.15) is 5.82 Å². The van der Waals surface area contributed by atoms with Crippen LogP contribution in [0.4, 0.5) is 10.5 Å². The average Bonchev–Trinajstić information content (AvgIpc) is 3.02. The van der Waals surface area contributed by atoms with E-state index < -0.39 is 0 Å². The smallest absolute Gasteiger partial charge is 0.321 e. The number of aromatic nitrogens is 2. The number of aryl methyl sites for hydroxylation is 1. The van der Waals surface area contributed by atoms with Crippen molar-refractivity contribution in [2.45, 2.75) is 0 Å². The topological polar surface area (TPSA) is 73.6 Å². The summed E-state index contributed by atoms with van der Waals surface area (Å²) in [7, 11) is 1.94. The molecule has 0 bridgehead atoms. The molecule has 0 radical (unpaired) electrons. The Balaban J connectivity index is 1.62. The molecule has 128 valence electrons. The number of aliphatic hydroxyl groups is 1. The van der Waals surface area contributed by atoms with E-state index in [4.69, 9.17) is 5.11 Å². The zero-order valence-electron chi connectivity index (χ0n) is 13.9. The predicted molar refractivity (Wildman–Crippen MR) is 92.8 cm³/mol. The molecule has 7 heteroatoms. The summed E-state index contributed by atoms with van der Waals surface area (Å²) in [6.07, 6.45) is 3.65. The summed E-state index contributed by atoms with van der Waals surface area (Å²) in [5, 5.41) is 11.9. The van der Waals surface area contributed by atoms with E-state index in [-0.39, 0.29) is 12.6 Å². The van der Waals surface area contributed by atoms with Crippen molar-refractivity contribution in [2.75, 3.05) is 44.6 Å². The van der Waals surface area contributed by atoms with Gasteiger partial charge in [-0.05, 0) is 12.1 Å². The number of hydrogen-bond acceptors (Lipinski definition) is 4. The fourth-order valence-corrected chi connectivity index (χ4v) is 2.90. The van der Waals surface area contributed by atoms with Gasteiger partial charge in [0.25, 0.3) is 0 Å². The number of imidazole rings is 1. The molecule has 7 nitrogen and oxygen atoms in total. The Morgan fingerprint density at radius 3 is 2.75 bits per heavy atom. The van der Waals surface area contributed by atoms with E-state index in [2.05, 4.69) is 15.2 Å². The number of carbonyl (C=O) groups is 1. The Kier molecular flexibility index (Phi) is 5.12. The minimum absolute atomic E-state index is 0.0874. The molecular formula is C17H23N5O2. The number of piperazine rings is 1. The third kappa shape index (κ3) is 3.74. The van der Waals surface area contributed by atoms with Crippen LogP contribution < -0.4 is 5.32 Å². The summed E-state index contributed by atoms with van der Waals surface area (Å²) < 4.78 is 1.95. The lowest BCUT2D eigenvalue weighted by molar-refractivity contribution is 0.127. The molecule has 1 aromatic carbocycles. The third-order valence-electron chi connectivity index (χ3n) is 4.27. The SMILES string of the molecule is Cn1ccnc1-c1cccc(NC(=O)N2CCN(CCO)CC2)c1. The van der Waals surface area contributed by atoms with Crippen LogP contribution >= 0.6 is 0 Å². The Hall–Kier alpha value is -2.38. The van der Waals surface area contributed by atoms with Crippen LogP contribution in [0.25, 0.3) is 11.4 Å². The molecule has 1 aliphatic rings. The van der Waals surface area contributed by atoms with Crippen molar-refractivity contribution >= 4 is 11.7 Å². The number of nitrogens with one attached hydrogen (secondary N) is 1. The molecule has 0 aliphatic carbocycles. The van der Waals surface area contributed by atoms with Crippen molar-refractivity contribution in [3.05, 3.63) is 36.7 Å². The van der Waals surface area contributed by atoms with Crippen molar-refractivity contribution in [3.63, 3.8) is 0 Å². The summed E-state index contributed by atoms with van der Waals surface area (Å²) in [6.45, 7) is 3.76. The molecule has 1 aliphatic heterocycles.